The van der Waals surface area contributed by atoms with E-state index in [1.54, 1.807) is 0 Å². The Kier molecular flexibility index (Phi) is 5.29. The third-order valence-electron chi connectivity index (χ3n) is 2.68. The standard InChI is InChI=1S/C12H21N3/c1-3-4-5-8-11(15-13)12-10(2)7-6-9-14-12/h6-7,9,11,15H,3-5,8,13H2,1-2H3. The summed E-state index contributed by atoms with van der Waals surface area (Å²) in [4.78, 5) is 4.39. The fourth-order valence-corrected chi connectivity index (χ4v) is 1.76. The van der Waals surface area contributed by atoms with E-state index in [0.29, 0.717) is 0 Å². The molecule has 0 amide bonds. The van der Waals surface area contributed by atoms with Crippen molar-refractivity contribution in [2.75, 3.05) is 0 Å². The predicted molar refractivity (Wildman–Crippen MR) is 63.2 cm³/mol. The Morgan fingerprint density at radius 2 is 2.27 bits per heavy atom. The lowest BCUT2D eigenvalue weighted by atomic mass is 10.0. The summed E-state index contributed by atoms with van der Waals surface area (Å²) in [6, 6.07) is 4.23. The molecule has 0 aliphatic rings. The van der Waals surface area contributed by atoms with Crippen LogP contribution in [0.1, 0.15) is 49.9 Å². The molecule has 3 nitrogen and oxygen atoms in total. The van der Waals surface area contributed by atoms with Crippen LogP contribution in [0, 0.1) is 6.92 Å². The Morgan fingerprint density at radius 1 is 1.47 bits per heavy atom. The third-order valence-corrected chi connectivity index (χ3v) is 2.68. The lowest BCUT2D eigenvalue weighted by molar-refractivity contribution is 0.475. The Bertz CT molecular complexity index is 286. The molecular weight excluding hydrogens is 186 g/mol. The zero-order chi connectivity index (χ0) is 11.1. The molecule has 1 atom stereocenters. The molecule has 1 rings (SSSR count). The number of hydrazine groups is 1. The largest absolute Gasteiger partial charge is 0.271 e. The third kappa shape index (κ3) is 3.61. The predicted octanol–water partition coefficient (Wildman–Crippen LogP) is 2.47. The van der Waals surface area contributed by atoms with E-state index < -0.39 is 0 Å². The molecule has 0 saturated heterocycles. The zero-order valence-corrected chi connectivity index (χ0v) is 9.66. The monoisotopic (exact) mass is 207 g/mol. The van der Waals surface area contributed by atoms with E-state index in [4.69, 9.17) is 5.84 Å². The highest BCUT2D eigenvalue weighted by Gasteiger charge is 2.12. The van der Waals surface area contributed by atoms with E-state index in [1.165, 1.54) is 24.8 Å². The highest BCUT2D eigenvalue weighted by atomic mass is 15.2. The smallest absolute Gasteiger partial charge is 0.0634 e. The number of hydrogen-bond acceptors (Lipinski definition) is 3. The first kappa shape index (κ1) is 12.1. The van der Waals surface area contributed by atoms with E-state index in [2.05, 4.69) is 30.3 Å². The van der Waals surface area contributed by atoms with Gasteiger partial charge in [0.05, 0.1) is 11.7 Å². The van der Waals surface area contributed by atoms with Gasteiger partial charge in [0.15, 0.2) is 0 Å². The molecule has 0 saturated carbocycles. The molecule has 0 aliphatic carbocycles. The summed E-state index contributed by atoms with van der Waals surface area (Å²) >= 11 is 0. The van der Waals surface area contributed by atoms with Crippen LogP contribution in [0.3, 0.4) is 0 Å². The molecule has 3 heteroatoms. The number of rotatable bonds is 6. The summed E-state index contributed by atoms with van der Waals surface area (Å²) in [5.41, 5.74) is 5.14. The minimum Gasteiger partial charge on any atom is -0.271 e. The number of pyridine rings is 1. The molecule has 15 heavy (non-hydrogen) atoms. The first-order chi connectivity index (χ1) is 7.29. The molecule has 0 radical (unpaired) electrons. The van der Waals surface area contributed by atoms with Gasteiger partial charge in [-0.25, -0.2) is 0 Å². The maximum atomic E-state index is 5.57. The molecule has 1 unspecified atom stereocenters. The van der Waals surface area contributed by atoms with Crippen molar-refractivity contribution in [1.29, 1.82) is 0 Å². The van der Waals surface area contributed by atoms with Crippen LogP contribution in [0.5, 0.6) is 0 Å². The minimum atomic E-state index is 0.192. The molecule has 0 fully saturated rings. The molecule has 1 heterocycles. The van der Waals surface area contributed by atoms with Crippen molar-refractivity contribution in [2.45, 2.75) is 45.6 Å². The molecular formula is C12H21N3. The van der Waals surface area contributed by atoms with Gasteiger partial charge in [-0.3, -0.25) is 16.3 Å². The summed E-state index contributed by atoms with van der Waals surface area (Å²) in [7, 11) is 0. The van der Waals surface area contributed by atoms with Gasteiger partial charge in [0, 0.05) is 6.20 Å². The van der Waals surface area contributed by atoms with Crippen molar-refractivity contribution >= 4 is 0 Å². The minimum absolute atomic E-state index is 0.192. The van der Waals surface area contributed by atoms with Gasteiger partial charge in [0.1, 0.15) is 0 Å². The van der Waals surface area contributed by atoms with Gasteiger partial charge in [-0.15, -0.1) is 0 Å². The SMILES string of the molecule is CCCCCC(NN)c1ncccc1C. The summed E-state index contributed by atoms with van der Waals surface area (Å²) in [5, 5.41) is 0. The second-order valence-corrected chi connectivity index (χ2v) is 3.92. The van der Waals surface area contributed by atoms with E-state index in [1.807, 2.05) is 12.3 Å². The average molecular weight is 207 g/mol. The first-order valence-corrected chi connectivity index (χ1v) is 5.67. The second-order valence-electron chi connectivity index (χ2n) is 3.92. The zero-order valence-electron chi connectivity index (χ0n) is 9.66. The number of aromatic nitrogens is 1. The molecule has 84 valence electrons. The quantitative estimate of drug-likeness (QED) is 0.428. The Balaban J connectivity index is 2.61. The van der Waals surface area contributed by atoms with Crippen molar-refractivity contribution in [3.05, 3.63) is 29.6 Å². The molecule has 0 spiro atoms. The molecule has 0 aromatic carbocycles. The average Bonchev–Trinajstić information content (AvgIpc) is 2.26. The van der Waals surface area contributed by atoms with E-state index in [9.17, 15) is 0 Å². The van der Waals surface area contributed by atoms with Crippen molar-refractivity contribution in [2.24, 2.45) is 5.84 Å². The number of hydrogen-bond donors (Lipinski definition) is 2. The van der Waals surface area contributed by atoms with Crippen LogP contribution in [-0.2, 0) is 0 Å². The van der Waals surface area contributed by atoms with E-state index in [-0.39, 0.29) is 6.04 Å². The fraction of sp³-hybridized carbons (Fsp3) is 0.583. The van der Waals surface area contributed by atoms with E-state index in [0.717, 1.165) is 12.1 Å². The number of aryl methyl sites for hydroxylation is 1. The van der Waals surface area contributed by atoms with Crippen LogP contribution in [0.25, 0.3) is 0 Å². The van der Waals surface area contributed by atoms with Gasteiger partial charge >= 0.3 is 0 Å². The van der Waals surface area contributed by atoms with Gasteiger partial charge < -0.3 is 0 Å². The number of nitrogens with zero attached hydrogens (tertiary/aromatic N) is 1. The molecule has 3 N–H and O–H groups in total. The maximum Gasteiger partial charge on any atom is 0.0634 e. The first-order valence-electron chi connectivity index (χ1n) is 5.67. The van der Waals surface area contributed by atoms with Crippen molar-refractivity contribution in [3.63, 3.8) is 0 Å². The van der Waals surface area contributed by atoms with Crippen LogP contribution >= 0.6 is 0 Å². The van der Waals surface area contributed by atoms with Crippen LogP contribution in [0.4, 0.5) is 0 Å². The lowest BCUT2D eigenvalue weighted by Crippen LogP contribution is -2.29. The highest BCUT2D eigenvalue weighted by molar-refractivity contribution is 5.20. The van der Waals surface area contributed by atoms with Crippen LogP contribution in [0.15, 0.2) is 18.3 Å². The summed E-state index contributed by atoms with van der Waals surface area (Å²) < 4.78 is 0. The van der Waals surface area contributed by atoms with Crippen LogP contribution in [-0.4, -0.2) is 4.98 Å². The topological polar surface area (TPSA) is 50.9 Å². The fourth-order valence-electron chi connectivity index (χ4n) is 1.76. The van der Waals surface area contributed by atoms with Crippen molar-refractivity contribution in [1.82, 2.24) is 10.4 Å². The Labute approximate surface area is 92.1 Å². The lowest BCUT2D eigenvalue weighted by Gasteiger charge is -2.16. The van der Waals surface area contributed by atoms with Gasteiger partial charge in [0.25, 0.3) is 0 Å². The van der Waals surface area contributed by atoms with Crippen LogP contribution < -0.4 is 11.3 Å². The highest BCUT2D eigenvalue weighted by Crippen LogP contribution is 2.19. The Morgan fingerprint density at radius 3 is 2.87 bits per heavy atom. The number of nitrogens with one attached hydrogen (secondary N) is 1. The summed E-state index contributed by atoms with van der Waals surface area (Å²) in [6.07, 6.45) is 6.57. The van der Waals surface area contributed by atoms with Gasteiger partial charge in [-0.1, -0.05) is 32.3 Å². The normalized spacial score (nSPS) is 12.7. The molecule has 0 bridgehead atoms. The summed E-state index contributed by atoms with van der Waals surface area (Å²) in [6.45, 7) is 4.28. The second kappa shape index (κ2) is 6.53. The van der Waals surface area contributed by atoms with Crippen LogP contribution in [0.2, 0.25) is 0 Å². The van der Waals surface area contributed by atoms with E-state index >= 15 is 0 Å². The molecule has 0 aliphatic heterocycles. The molecule has 1 aromatic heterocycles. The van der Waals surface area contributed by atoms with Crippen molar-refractivity contribution in [3.8, 4) is 0 Å². The van der Waals surface area contributed by atoms with Crippen molar-refractivity contribution < 1.29 is 0 Å². The summed E-state index contributed by atoms with van der Waals surface area (Å²) in [5.74, 6) is 5.57. The number of nitrogens with two attached hydrogens (primary N) is 1. The Hall–Kier alpha value is -0.930. The van der Waals surface area contributed by atoms with Gasteiger partial charge in [0.2, 0.25) is 0 Å². The molecule has 1 aromatic rings. The number of unbranched alkanes of at least 4 members (excludes halogenated alkanes) is 2. The maximum absolute atomic E-state index is 5.57. The van der Waals surface area contributed by atoms with Gasteiger partial charge in [-0.2, -0.15) is 0 Å². The van der Waals surface area contributed by atoms with Gasteiger partial charge in [-0.05, 0) is 25.0 Å².